The third kappa shape index (κ3) is 3.71. The number of methoxy groups -OCH3 is 1. The number of anilines is 1. The normalized spacial score (nSPS) is 13.4. The van der Waals surface area contributed by atoms with E-state index < -0.39 is 22.9 Å². The van der Waals surface area contributed by atoms with E-state index >= 15 is 0 Å². The topological polar surface area (TPSA) is 99.1 Å². The van der Waals surface area contributed by atoms with Gasteiger partial charge in [-0.25, -0.2) is 9.97 Å². The van der Waals surface area contributed by atoms with Gasteiger partial charge in [-0.2, -0.15) is 22.8 Å². The van der Waals surface area contributed by atoms with E-state index in [0.717, 1.165) is 17.4 Å². The molecule has 7 nitrogen and oxygen atoms in total. The predicted molar refractivity (Wildman–Crippen MR) is 112 cm³/mol. The van der Waals surface area contributed by atoms with E-state index in [4.69, 9.17) is 10.5 Å². The van der Waals surface area contributed by atoms with E-state index in [-0.39, 0.29) is 38.2 Å². The Labute approximate surface area is 175 Å². The number of thiophene rings is 1. The zero-order chi connectivity index (χ0) is 21.6. The minimum absolute atomic E-state index is 0.0934. The lowest BCUT2D eigenvalue weighted by Crippen LogP contribution is -2.12. The van der Waals surface area contributed by atoms with Crippen LogP contribution in [0.2, 0.25) is 0 Å². The molecule has 0 aromatic carbocycles. The molecule has 0 saturated heterocycles. The minimum Gasteiger partial charge on any atom is -0.393 e. The molecule has 0 aliphatic rings. The summed E-state index contributed by atoms with van der Waals surface area (Å²) in [6.45, 7) is 0.259. The summed E-state index contributed by atoms with van der Waals surface area (Å²) in [6, 6.07) is 2.66. The highest BCUT2D eigenvalue weighted by molar-refractivity contribution is 7.93. The van der Waals surface area contributed by atoms with Gasteiger partial charge in [-0.3, -0.25) is 4.68 Å². The van der Waals surface area contributed by atoms with Crippen LogP contribution in [0.3, 0.4) is 0 Å². The molecule has 158 valence electrons. The van der Waals surface area contributed by atoms with Crippen LogP contribution in [0.25, 0.3) is 32.5 Å². The number of ether oxygens (including phenoxy) is 1. The lowest BCUT2D eigenvalue weighted by atomic mass is 10.1. The van der Waals surface area contributed by atoms with Crippen molar-refractivity contribution in [2.75, 3.05) is 25.2 Å². The Bertz CT molecular complexity index is 1240. The number of hydrogen-bond acceptors (Lipinski definition) is 7. The van der Waals surface area contributed by atoms with Crippen molar-refractivity contribution in [2.45, 2.75) is 10.4 Å². The van der Waals surface area contributed by atoms with Crippen LogP contribution in [0.1, 0.15) is 5.56 Å². The van der Waals surface area contributed by atoms with Crippen LogP contribution in [0, 0.1) is 0 Å². The first-order chi connectivity index (χ1) is 14.2. The summed E-state index contributed by atoms with van der Waals surface area (Å²) >= 11 is -0.379. The molecular weight excluding hydrogens is 439 g/mol. The summed E-state index contributed by atoms with van der Waals surface area (Å²) in [7, 11) is 3.22. The molecule has 4 aromatic rings. The second kappa shape index (κ2) is 7.69. The van der Waals surface area contributed by atoms with Gasteiger partial charge in [0, 0.05) is 37.5 Å². The van der Waals surface area contributed by atoms with Crippen LogP contribution in [-0.4, -0.2) is 43.8 Å². The number of aryl methyl sites for hydroxylation is 1. The lowest BCUT2D eigenvalue weighted by Gasteiger charge is -2.11. The molecule has 4 aromatic heterocycles. The number of fused-ring (bicyclic) bond motifs is 2. The third-order valence-electron chi connectivity index (χ3n) is 4.43. The molecule has 0 bridgehead atoms. The number of aromatic nitrogens is 4. The molecule has 1 unspecified atom stereocenters. The second-order valence-corrected chi connectivity index (χ2v) is 9.34. The maximum atomic E-state index is 13.9. The number of halogens is 3. The summed E-state index contributed by atoms with van der Waals surface area (Å²) < 4.78 is 58.8. The van der Waals surface area contributed by atoms with Crippen molar-refractivity contribution in [2.24, 2.45) is 7.05 Å². The number of nitrogens with zero attached hydrogens (tertiary/aromatic N) is 4. The van der Waals surface area contributed by atoms with Gasteiger partial charge in [0.25, 0.3) is 4.21 Å². The van der Waals surface area contributed by atoms with Crippen molar-refractivity contribution in [1.82, 2.24) is 19.7 Å². The van der Waals surface area contributed by atoms with Crippen molar-refractivity contribution in [3.05, 3.63) is 30.1 Å². The van der Waals surface area contributed by atoms with E-state index in [1.165, 1.54) is 13.3 Å². The molecule has 0 fully saturated rings. The fourth-order valence-corrected chi connectivity index (χ4v) is 5.67. The number of nitrogen functional groups attached to an aromatic ring is 1. The van der Waals surface area contributed by atoms with Crippen LogP contribution in [0.4, 0.5) is 18.9 Å². The van der Waals surface area contributed by atoms with Gasteiger partial charge in [0.1, 0.15) is 10.5 Å². The van der Waals surface area contributed by atoms with E-state index in [9.17, 15) is 17.7 Å². The highest BCUT2D eigenvalue weighted by atomic mass is 32.2. The summed E-state index contributed by atoms with van der Waals surface area (Å²) in [5, 5.41) is 4.67. The largest absolute Gasteiger partial charge is 0.417 e. The maximum Gasteiger partial charge on any atom is 0.417 e. The molecule has 0 saturated carbocycles. The summed E-state index contributed by atoms with van der Waals surface area (Å²) in [5.41, 5.74) is 6.08. The fourth-order valence-electron chi connectivity index (χ4n) is 3.07. The Morgan fingerprint density at radius 3 is 2.80 bits per heavy atom. The minimum atomic E-state index is -4.64. The highest BCUT2D eigenvalue weighted by Crippen LogP contribution is 2.45. The van der Waals surface area contributed by atoms with Crippen LogP contribution in [-0.2, 0) is 29.1 Å². The first kappa shape index (κ1) is 20.8. The first-order valence-corrected chi connectivity index (χ1v) is 10.8. The fraction of sp³-hybridized carbons (Fsp3) is 0.278. The molecule has 3 N–H and O–H groups in total. The molecule has 0 amide bonds. The van der Waals surface area contributed by atoms with Gasteiger partial charge in [-0.1, -0.05) is 11.3 Å². The molecule has 12 heteroatoms. The van der Waals surface area contributed by atoms with Gasteiger partial charge in [0.15, 0.2) is 22.6 Å². The second-order valence-electron chi connectivity index (χ2n) is 6.54. The predicted octanol–water partition coefficient (Wildman–Crippen LogP) is 3.94. The van der Waals surface area contributed by atoms with Gasteiger partial charge in [-0.15, -0.1) is 0 Å². The number of rotatable bonds is 5. The Balaban J connectivity index is 1.90. The lowest BCUT2D eigenvalue weighted by molar-refractivity contribution is -0.136. The molecule has 30 heavy (non-hydrogen) atoms. The summed E-state index contributed by atoms with van der Waals surface area (Å²) in [4.78, 5) is 8.73. The summed E-state index contributed by atoms with van der Waals surface area (Å²) in [5.74, 6) is 0.239. The Morgan fingerprint density at radius 1 is 1.33 bits per heavy atom. The van der Waals surface area contributed by atoms with Gasteiger partial charge in [0.05, 0.1) is 23.3 Å². The zero-order valence-electron chi connectivity index (χ0n) is 15.9. The molecule has 0 aliphatic heterocycles. The van der Waals surface area contributed by atoms with Gasteiger partial charge in [-0.05, 0) is 12.1 Å². The van der Waals surface area contributed by atoms with Crippen molar-refractivity contribution in [1.29, 1.82) is 0 Å². The Morgan fingerprint density at radius 2 is 2.10 bits per heavy atom. The molecule has 4 heterocycles. The van der Waals surface area contributed by atoms with Gasteiger partial charge < -0.3 is 10.5 Å². The molecular formula is C18H17F3N5O2S2+. The maximum absolute atomic E-state index is 13.9. The van der Waals surface area contributed by atoms with Crippen LogP contribution >= 0.6 is 11.3 Å². The molecule has 0 aliphatic carbocycles. The van der Waals surface area contributed by atoms with Crippen LogP contribution in [0.5, 0.6) is 0 Å². The standard InChI is InChI=1S/C18H17F3N5O2S2/c1-26-8-10-5-9(7-23-15(10)25-26)12-6-11(18(19,20)21)13-14(22)17(29-16(13)24-12)30(27)4-3-28-2/h5-8,27H,3-4,22H2,1-2H3/q+1. The third-order valence-corrected chi connectivity index (χ3v) is 7.36. The average Bonchev–Trinajstić information content (AvgIpc) is 3.23. The van der Waals surface area contributed by atoms with Gasteiger partial charge >= 0.3 is 6.18 Å². The van der Waals surface area contributed by atoms with Gasteiger partial charge in [0.2, 0.25) is 0 Å². The average molecular weight is 456 g/mol. The van der Waals surface area contributed by atoms with E-state index in [2.05, 4.69) is 15.1 Å². The summed E-state index contributed by atoms with van der Waals surface area (Å²) in [6.07, 6.45) is -1.48. The molecule has 4 rings (SSSR count). The van der Waals surface area contributed by atoms with Crippen molar-refractivity contribution in [3.63, 3.8) is 0 Å². The van der Waals surface area contributed by atoms with E-state index in [1.807, 2.05) is 0 Å². The number of nitrogens with two attached hydrogens (primary N) is 1. The Kier molecular flexibility index (Phi) is 5.34. The SMILES string of the molecule is COCC[S+](O)c1sc2nc(-c3cnc4nn(C)cc4c3)cc(C(F)(F)F)c2c1N. The molecule has 0 radical (unpaired) electrons. The van der Waals surface area contributed by atoms with Crippen molar-refractivity contribution in [3.8, 4) is 11.3 Å². The van der Waals surface area contributed by atoms with Crippen LogP contribution < -0.4 is 5.73 Å². The number of pyridine rings is 2. The molecule has 0 spiro atoms. The van der Waals surface area contributed by atoms with E-state index in [0.29, 0.717) is 16.6 Å². The quantitative estimate of drug-likeness (QED) is 0.442. The highest BCUT2D eigenvalue weighted by Gasteiger charge is 2.38. The zero-order valence-corrected chi connectivity index (χ0v) is 17.5. The van der Waals surface area contributed by atoms with Crippen LogP contribution in [0.15, 0.2) is 28.7 Å². The van der Waals surface area contributed by atoms with Crippen molar-refractivity contribution >= 4 is 49.5 Å². The monoisotopic (exact) mass is 456 g/mol. The Hall–Kier alpha value is -2.41. The number of alkyl halides is 3. The smallest absolute Gasteiger partial charge is 0.393 e. The van der Waals surface area contributed by atoms with Crippen molar-refractivity contribution < 1.29 is 22.5 Å². The first-order valence-electron chi connectivity index (χ1n) is 8.68. The number of hydrogen-bond donors (Lipinski definition) is 2. The van der Waals surface area contributed by atoms with E-state index in [1.54, 1.807) is 24.0 Å². The molecule has 1 atom stereocenters.